The van der Waals surface area contributed by atoms with E-state index in [-0.39, 0.29) is 0 Å². The Hall–Kier alpha value is -2.65. The van der Waals surface area contributed by atoms with E-state index in [1.54, 1.807) is 25.6 Å². The molecule has 37 heavy (non-hydrogen) atoms. The zero-order chi connectivity index (χ0) is 26.2. The third kappa shape index (κ3) is 5.62. The van der Waals surface area contributed by atoms with Gasteiger partial charge in [0.1, 0.15) is 5.67 Å². The van der Waals surface area contributed by atoms with E-state index in [9.17, 15) is 4.39 Å². The second-order valence-corrected chi connectivity index (χ2v) is 11.6. The summed E-state index contributed by atoms with van der Waals surface area (Å²) >= 11 is 1.67. The molecule has 9 heteroatoms. The van der Waals surface area contributed by atoms with E-state index in [0.29, 0.717) is 23.5 Å². The van der Waals surface area contributed by atoms with Crippen LogP contribution < -0.4 is 5.73 Å². The topological polar surface area (TPSA) is 76.1 Å². The molecule has 2 saturated heterocycles. The molecule has 2 fully saturated rings. The number of allylic oxidation sites excluding steroid dienone is 1. The number of fused-ring (bicyclic) bond motifs is 1. The molecule has 0 amide bonds. The standard InChI is InChI=1S/C28H38FN7S/c1-19(21-7-11-34(12-8-21)18-20-16-31-26(30)32-17-20)35-13-9-23(10-14-35)36-25-6-5-22(28(2,3)29)15-24(25)33-27(36)37-4/h5-6,15-17,21,23H,1,7-14,18H2,2-4H3,(H2,30,31,32). The quantitative estimate of drug-likeness (QED) is 0.416. The number of halogens is 1. The zero-order valence-electron chi connectivity index (χ0n) is 22.2. The summed E-state index contributed by atoms with van der Waals surface area (Å²) in [6, 6.07) is 6.27. The molecule has 2 aliphatic heterocycles. The van der Waals surface area contributed by atoms with Gasteiger partial charge in [-0.05, 0) is 76.6 Å². The van der Waals surface area contributed by atoms with E-state index in [4.69, 9.17) is 10.7 Å². The Morgan fingerprint density at radius 2 is 1.78 bits per heavy atom. The molecule has 5 rings (SSSR count). The highest BCUT2D eigenvalue weighted by atomic mass is 32.2. The number of nitrogen functional groups attached to an aromatic ring is 1. The maximum absolute atomic E-state index is 14.5. The van der Waals surface area contributed by atoms with Crippen molar-refractivity contribution >= 4 is 28.7 Å². The summed E-state index contributed by atoms with van der Waals surface area (Å²) in [5, 5.41) is 1.01. The fraction of sp³-hybridized carbons (Fsp3) is 0.536. The van der Waals surface area contributed by atoms with Gasteiger partial charge in [0.25, 0.3) is 0 Å². The van der Waals surface area contributed by atoms with Crippen molar-refractivity contribution in [2.75, 3.05) is 38.2 Å². The Labute approximate surface area is 223 Å². The molecule has 2 aromatic heterocycles. The minimum Gasteiger partial charge on any atom is -0.375 e. The average molecular weight is 524 g/mol. The normalized spacial score (nSPS) is 18.5. The summed E-state index contributed by atoms with van der Waals surface area (Å²) in [6.07, 6.45) is 10.1. The summed E-state index contributed by atoms with van der Waals surface area (Å²) in [4.78, 5) is 18.1. The number of hydrogen-bond acceptors (Lipinski definition) is 7. The molecule has 0 bridgehead atoms. The van der Waals surface area contributed by atoms with Gasteiger partial charge in [0.05, 0.1) is 11.0 Å². The Kier molecular flexibility index (Phi) is 7.45. The van der Waals surface area contributed by atoms with Gasteiger partial charge in [-0.2, -0.15) is 0 Å². The van der Waals surface area contributed by atoms with Gasteiger partial charge in [-0.15, -0.1) is 0 Å². The van der Waals surface area contributed by atoms with E-state index < -0.39 is 5.67 Å². The van der Waals surface area contributed by atoms with Gasteiger partial charge >= 0.3 is 0 Å². The van der Waals surface area contributed by atoms with Crippen LogP contribution in [-0.2, 0) is 12.2 Å². The van der Waals surface area contributed by atoms with Crippen LogP contribution in [0.2, 0.25) is 0 Å². The number of nitrogens with zero attached hydrogens (tertiary/aromatic N) is 6. The van der Waals surface area contributed by atoms with Crippen LogP contribution in [0.1, 0.15) is 56.7 Å². The lowest BCUT2D eigenvalue weighted by Crippen LogP contribution is -2.40. The van der Waals surface area contributed by atoms with E-state index in [1.165, 1.54) is 5.70 Å². The van der Waals surface area contributed by atoms with E-state index >= 15 is 0 Å². The van der Waals surface area contributed by atoms with Gasteiger partial charge in [0.2, 0.25) is 5.95 Å². The number of rotatable bonds is 7. The Balaban J connectivity index is 1.18. The van der Waals surface area contributed by atoms with Crippen molar-refractivity contribution in [3.63, 3.8) is 0 Å². The number of nitrogens with two attached hydrogens (primary N) is 1. The number of aromatic nitrogens is 4. The van der Waals surface area contributed by atoms with Gasteiger partial charge in [-0.1, -0.05) is 24.4 Å². The summed E-state index contributed by atoms with van der Waals surface area (Å²) in [7, 11) is 0. The Bertz CT molecular complexity index is 1230. The van der Waals surface area contributed by atoms with Gasteiger partial charge in [-0.3, -0.25) is 4.90 Å². The molecule has 0 saturated carbocycles. The number of thioether (sulfide) groups is 1. The average Bonchev–Trinajstić information content (AvgIpc) is 3.28. The number of benzene rings is 1. The number of piperidine rings is 2. The monoisotopic (exact) mass is 523 g/mol. The maximum Gasteiger partial charge on any atom is 0.219 e. The van der Waals surface area contributed by atoms with Crippen molar-refractivity contribution in [3.8, 4) is 0 Å². The minimum atomic E-state index is -1.37. The van der Waals surface area contributed by atoms with Gasteiger partial charge in [-0.25, -0.2) is 19.3 Å². The largest absolute Gasteiger partial charge is 0.375 e. The van der Waals surface area contributed by atoms with Crippen molar-refractivity contribution in [1.82, 2.24) is 29.3 Å². The summed E-state index contributed by atoms with van der Waals surface area (Å²) in [5.74, 6) is 0.859. The number of hydrogen-bond donors (Lipinski definition) is 1. The molecular weight excluding hydrogens is 485 g/mol. The van der Waals surface area contributed by atoms with Crippen LogP contribution >= 0.6 is 11.8 Å². The number of alkyl halides is 1. The SMILES string of the molecule is C=C(C1CCN(Cc2cnc(N)nc2)CC1)N1CCC(n2c(SC)nc3cc(C(C)(C)F)ccc32)CC1. The molecule has 0 spiro atoms. The van der Waals surface area contributed by atoms with Crippen LogP contribution in [0.3, 0.4) is 0 Å². The summed E-state index contributed by atoms with van der Waals surface area (Å²) < 4.78 is 16.9. The first-order valence-electron chi connectivity index (χ1n) is 13.2. The number of likely N-dealkylation sites (tertiary alicyclic amines) is 2. The Morgan fingerprint density at radius 3 is 2.41 bits per heavy atom. The van der Waals surface area contributed by atoms with Crippen LogP contribution in [0.25, 0.3) is 11.0 Å². The number of imidazole rings is 1. The highest BCUT2D eigenvalue weighted by Crippen LogP contribution is 2.36. The third-order valence-corrected chi connectivity index (χ3v) is 8.61. The third-order valence-electron chi connectivity index (χ3n) is 7.95. The van der Waals surface area contributed by atoms with Crippen molar-refractivity contribution in [3.05, 3.63) is 54.0 Å². The molecule has 3 aromatic rings. The predicted octanol–water partition coefficient (Wildman–Crippen LogP) is 5.40. The van der Waals surface area contributed by atoms with Crippen LogP contribution in [0.15, 0.2) is 48.0 Å². The first-order valence-corrected chi connectivity index (χ1v) is 14.4. The van der Waals surface area contributed by atoms with E-state index in [0.717, 1.165) is 80.2 Å². The highest BCUT2D eigenvalue weighted by Gasteiger charge is 2.29. The fourth-order valence-corrected chi connectivity index (χ4v) is 6.38. The highest BCUT2D eigenvalue weighted by molar-refractivity contribution is 7.98. The van der Waals surface area contributed by atoms with E-state index in [2.05, 4.69) is 37.2 Å². The maximum atomic E-state index is 14.5. The summed E-state index contributed by atoms with van der Waals surface area (Å²) in [5.41, 5.74) is 9.31. The first-order chi connectivity index (χ1) is 17.7. The van der Waals surface area contributed by atoms with Crippen molar-refractivity contribution in [1.29, 1.82) is 0 Å². The second kappa shape index (κ2) is 10.6. The van der Waals surface area contributed by atoms with Crippen LogP contribution in [0, 0.1) is 5.92 Å². The molecule has 0 radical (unpaired) electrons. The lowest BCUT2D eigenvalue weighted by atomic mass is 9.91. The zero-order valence-corrected chi connectivity index (χ0v) is 23.0. The van der Waals surface area contributed by atoms with Gasteiger partial charge in [0, 0.05) is 55.2 Å². The minimum absolute atomic E-state index is 0.323. The smallest absolute Gasteiger partial charge is 0.219 e. The van der Waals surface area contributed by atoms with Crippen molar-refractivity contribution in [2.24, 2.45) is 5.92 Å². The molecule has 0 atom stereocenters. The van der Waals surface area contributed by atoms with Crippen LogP contribution in [-0.4, -0.2) is 61.8 Å². The molecule has 0 aliphatic carbocycles. The first kappa shape index (κ1) is 26.0. The molecular formula is C28H38FN7S. The number of anilines is 1. The lowest BCUT2D eigenvalue weighted by molar-refractivity contribution is 0.153. The predicted molar refractivity (Wildman–Crippen MR) is 149 cm³/mol. The van der Waals surface area contributed by atoms with Gasteiger partial charge < -0.3 is 15.2 Å². The molecule has 1 aromatic carbocycles. The molecule has 198 valence electrons. The molecule has 4 heterocycles. The van der Waals surface area contributed by atoms with Gasteiger partial charge in [0.15, 0.2) is 5.16 Å². The molecule has 0 unspecified atom stereocenters. The van der Waals surface area contributed by atoms with Crippen molar-refractivity contribution < 1.29 is 4.39 Å². The molecule has 2 N–H and O–H groups in total. The lowest BCUT2D eigenvalue weighted by Gasteiger charge is -2.41. The second-order valence-electron chi connectivity index (χ2n) is 10.9. The summed E-state index contributed by atoms with van der Waals surface area (Å²) in [6.45, 7) is 12.7. The Morgan fingerprint density at radius 1 is 1.11 bits per heavy atom. The molecule has 2 aliphatic rings. The van der Waals surface area contributed by atoms with Crippen LogP contribution in [0.5, 0.6) is 0 Å². The molecule has 7 nitrogen and oxygen atoms in total. The van der Waals surface area contributed by atoms with Crippen LogP contribution in [0.4, 0.5) is 10.3 Å². The fourth-order valence-electron chi connectivity index (χ4n) is 5.74. The van der Waals surface area contributed by atoms with Crippen molar-refractivity contribution in [2.45, 2.75) is 62.9 Å². The van der Waals surface area contributed by atoms with E-state index in [1.807, 2.05) is 30.6 Å².